The molecule has 13 heavy (non-hydrogen) atoms. The van der Waals surface area contributed by atoms with Crippen LogP contribution >= 0.6 is 15.9 Å². The molecule has 0 saturated heterocycles. The lowest BCUT2D eigenvalue weighted by molar-refractivity contribution is 0.103. The van der Waals surface area contributed by atoms with Crippen molar-refractivity contribution in [2.45, 2.75) is 6.92 Å². The van der Waals surface area contributed by atoms with Gasteiger partial charge in [0.2, 0.25) is 0 Å². The Labute approximate surface area is 85.0 Å². The van der Waals surface area contributed by atoms with Crippen LogP contribution in [0, 0.1) is 0 Å². The van der Waals surface area contributed by atoms with Gasteiger partial charge < -0.3 is 5.11 Å². The molecule has 68 valence electrons. The van der Waals surface area contributed by atoms with E-state index in [-0.39, 0.29) is 5.78 Å². The van der Waals surface area contributed by atoms with Gasteiger partial charge in [-0.25, -0.2) is 0 Å². The van der Waals surface area contributed by atoms with Crippen molar-refractivity contribution in [3.8, 4) is 0 Å². The van der Waals surface area contributed by atoms with Crippen molar-refractivity contribution in [1.82, 2.24) is 0 Å². The van der Waals surface area contributed by atoms with Crippen LogP contribution in [0.4, 0.5) is 0 Å². The van der Waals surface area contributed by atoms with E-state index in [1.54, 1.807) is 31.2 Å². The third-order valence-corrected chi connectivity index (χ3v) is 2.19. The third kappa shape index (κ3) is 2.42. The highest BCUT2D eigenvalue weighted by Crippen LogP contribution is 2.13. The number of halogens is 1. The predicted octanol–water partition coefficient (Wildman–Crippen LogP) is 3.09. The summed E-state index contributed by atoms with van der Waals surface area (Å²) in [6, 6.07) is 6.99. The van der Waals surface area contributed by atoms with Crippen molar-refractivity contribution in [1.29, 1.82) is 0 Å². The number of hydrogen-bond acceptors (Lipinski definition) is 2. The molecule has 0 fully saturated rings. The van der Waals surface area contributed by atoms with Crippen LogP contribution in [-0.4, -0.2) is 10.9 Å². The predicted molar refractivity (Wildman–Crippen MR) is 54.9 cm³/mol. The molecule has 3 heteroatoms. The van der Waals surface area contributed by atoms with Gasteiger partial charge >= 0.3 is 0 Å². The average Bonchev–Trinajstić information content (AvgIpc) is 2.17. The number of ketones is 1. The van der Waals surface area contributed by atoms with Gasteiger partial charge in [0.1, 0.15) is 0 Å². The molecule has 0 amide bonds. The molecule has 0 aromatic heterocycles. The summed E-state index contributed by atoms with van der Waals surface area (Å²) in [5.41, 5.74) is 0.910. The number of Topliss-reactive ketones (excluding diaryl/α,β-unsaturated/α-hetero) is 1. The monoisotopic (exact) mass is 240 g/mol. The Hall–Kier alpha value is -1.09. The minimum atomic E-state index is -0.157. The van der Waals surface area contributed by atoms with Gasteiger partial charge in [-0.2, -0.15) is 0 Å². The number of hydrogen-bond donors (Lipinski definition) is 1. The van der Waals surface area contributed by atoms with Gasteiger partial charge in [0.15, 0.2) is 5.78 Å². The van der Waals surface area contributed by atoms with Gasteiger partial charge in [-0.05, 0) is 31.2 Å². The minimum absolute atomic E-state index is 0.157. The molecule has 0 aliphatic rings. The molecular formula is C10H9BrO2. The van der Waals surface area contributed by atoms with Crippen LogP contribution in [0.1, 0.15) is 17.3 Å². The van der Waals surface area contributed by atoms with E-state index in [0.29, 0.717) is 11.1 Å². The summed E-state index contributed by atoms with van der Waals surface area (Å²) in [7, 11) is 0. The van der Waals surface area contributed by atoms with E-state index in [1.165, 1.54) is 0 Å². The molecular weight excluding hydrogens is 232 g/mol. The first kappa shape index (κ1) is 9.99. The SMILES string of the molecule is CC(=CO)C(=O)c1ccc(Br)cc1. The topological polar surface area (TPSA) is 37.3 Å². The first-order valence-electron chi connectivity index (χ1n) is 3.76. The van der Waals surface area contributed by atoms with E-state index in [9.17, 15) is 4.79 Å². The molecule has 0 unspecified atom stereocenters. The first-order chi connectivity index (χ1) is 6.15. The van der Waals surface area contributed by atoms with Gasteiger partial charge in [-0.15, -0.1) is 0 Å². The second kappa shape index (κ2) is 4.23. The summed E-state index contributed by atoms with van der Waals surface area (Å²) in [5.74, 6) is -0.157. The second-order valence-corrected chi connectivity index (χ2v) is 3.56. The molecule has 0 atom stereocenters. The summed E-state index contributed by atoms with van der Waals surface area (Å²) in [4.78, 5) is 11.4. The van der Waals surface area contributed by atoms with Crippen LogP contribution in [0.2, 0.25) is 0 Å². The Bertz CT molecular complexity index is 338. The number of benzene rings is 1. The summed E-state index contributed by atoms with van der Waals surface area (Å²) in [6.07, 6.45) is 0.824. The van der Waals surface area contributed by atoms with E-state index in [0.717, 1.165) is 10.7 Å². The van der Waals surface area contributed by atoms with Crippen molar-refractivity contribution < 1.29 is 9.90 Å². The summed E-state index contributed by atoms with van der Waals surface area (Å²) in [5, 5.41) is 8.63. The fourth-order valence-corrected chi connectivity index (χ4v) is 1.15. The van der Waals surface area contributed by atoms with E-state index < -0.39 is 0 Å². The molecule has 0 aliphatic heterocycles. The number of aliphatic hydroxyl groups excluding tert-OH is 1. The Kier molecular flexibility index (Phi) is 3.25. The number of aliphatic hydroxyl groups is 1. The van der Waals surface area contributed by atoms with Crippen molar-refractivity contribution in [2.24, 2.45) is 0 Å². The van der Waals surface area contributed by atoms with Gasteiger partial charge in [-0.3, -0.25) is 4.79 Å². The maximum Gasteiger partial charge on any atom is 0.191 e. The van der Waals surface area contributed by atoms with Crippen LogP contribution in [0.15, 0.2) is 40.6 Å². The van der Waals surface area contributed by atoms with E-state index in [4.69, 9.17) is 5.11 Å². The standard InChI is InChI=1S/C10H9BrO2/c1-7(6-12)10(13)8-2-4-9(11)5-3-8/h2-6,12H,1H3. The quantitative estimate of drug-likeness (QED) is 0.490. The van der Waals surface area contributed by atoms with Gasteiger partial charge in [-0.1, -0.05) is 15.9 Å². The normalized spacial score (nSPS) is 11.4. The molecule has 2 nitrogen and oxygen atoms in total. The molecule has 0 spiro atoms. The highest BCUT2D eigenvalue weighted by atomic mass is 79.9. The lowest BCUT2D eigenvalue weighted by atomic mass is 10.1. The van der Waals surface area contributed by atoms with Crippen LogP contribution < -0.4 is 0 Å². The molecule has 0 radical (unpaired) electrons. The molecule has 0 saturated carbocycles. The third-order valence-electron chi connectivity index (χ3n) is 1.66. The van der Waals surface area contributed by atoms with Gasteiger partial charge in [0.05, 0.1) is 6.26 Å². The smallest absolute Gasteiger partial charge is 0.191 e. The van der Waals surface area contributed by atoms with Crippen LogP contribution in [0.25, 0.3) is 0 Å². The molecule has 0 bridgehead atoms. The second-order valence-electron chi connectivity index (χ2n) is 2.65. The Morgan fingerprint density at radius 1 is 1.38 bits per heavy atom. The summed E-state index contributed by atoms with van der Waals surface area (Å²) < 4.78 is 0.926. The number of carbonyl (C=O) groups excluding carboxylic acids is 1. The number of carbonyl (C=O) groups is 1. The Morgan fingerprint density at radius 3 is 2.38 bits per heavy atom. The largest absolute Gasteiger partial charge is 0.515 e. The van der Waals surface area contributed by atoms with Crippen LogP contribution in [-0.2, 0) is 0 Å². The van der Waals surface area contributed by atoms with Crippen LogP contribution in [0.5, 0.6) is 0 Å². The van der Waals surface area contributed by atoms with Gasteiger partial charge in [0, 0.05) is 15.6 Å². The summed E-state index contributed by atoms with van der Waals surface area (Å²) >= 11 is 3.27. The van der Waals surface area contributed by atoms with Crippen molar-refractivity contribution in [3.63, 3.8) is 0 Å². The molecule has 1 N–H and O–H groups in total. The number of rotatable bonds is 2. The van der Waals surface area contributed by atoms with E-state index in [2.05, 4.69) is 15.9 Å². The van der Waals surface area contributed by atoms with E-state index >= 15 is 0 Å². The lowest BCUT2D eigenvalue weighted by Gasteiger charge is -1.99. The molecule has 1 aromatic carbocycles. The zero-order valence-corrected chi connectivity index (χ0v) is 8.71. The summed E-state index contributed by atoms with van der Waals surface area (Å²) in [6.45, 7) is 1.57. The van der Waals surface area contributed by atoms with Crippen LogP contribution in [0.3, 0.4) is 0 Å². The first-order valence-corrected chi connectivity index (χ1v) is 4.55. The lowest BCUT2D eigenvalue weighted by Crippen LogP contribution is -1.99. The maximum absolute atomic E-state index is 11.4. The molecule has 0 aliphatic carbocycles. The molecule has 1 rings (SSSR count). The maximum atomic E-state index is 11.4. The molecule has 1 aromatic rings. The average molecular weight is 241 g/mol. The highest BCUT2D eigenvalue weighted by Gasteiger charge is 2.06. The highest BCUT2D eigenvalue weighted by molar-refractivity contribution is 9.10. The zero-order chi connectivity index (χ0) is 9.84. The molecule has 0 heterocycles. The zero-order valence-electron chi connectivity index (χ0n) is 7.12. The van der Waals surface area contributed by atoms with Gasteiger partial charge in [0.25, 0.3) is 0 Å². The fraction of sp³-hybridized carbons (Fsp3) is 0.100. The van der Waals surface area contributed by atoms with Crippen molar-refractivity contribution >= 4 is 21.7 Å². The fourth-order valence-electron chi connectivity index (χ4n) is 0.888. The minimum Gasteiger partial charge on any atom is -0.515 e. The van der Waals surface area contributed by atoms with Crippen molar-refractivity contribution in [3.05, 3.63) is 46.1 Å². The van der Waals surface area contributed by atoms with Crippen molar-refractivity contribution in [2.75, 3.05) is 0 Å². The Balaban J connectivity index is 2.97. The van der Waals surface area contributed by atoms with E-state index in [1.807, 2.05) is 0 Å². The Morgan fingerprint density at radius 2 is 1.92 bits per heavy atom. The number of allylic oxidation sites excluding steroid dienone is 1.